The van der Waals surface area contributed by atoms with E-state index >= 15 is 0 Å². The lowest BCUT2D eigenvalue weighted by Crippen LogP contribution is -2.24. The number of rotatable bonds is 10. The van der Waals surface area contributed by atoms with E-state index in [-0.39, 0.29) is 0 Å². The van der Waals surface area contributed by atoms with Crippen molar-refractivity contribution >= 4 is 0 Å². The molecule has 0 aromatic heterocycles. The molecule has 0 aliphatic carbocycles. The first-order chi connectivity index (χ1) is 7.20. The van der Waals surface area contributed by atoms with Crippen LogP contribution in [0.1, 0.15) is 72.6 Å². The maximum atomic E-state index is 3.49. The van der Waals surface area contributed by atoms with Crippen LogP contribution in [0, 0.1) is 5.92 Å². The van der Waals surface area contributed by atoms with Crippen molar-refractivity contribution in [3.05, 3.63) is 0 Å². The molecule has 1 nitrogen and oxygen atoms in total. The van der Waals surface area contributed by atoms with E-state index in [9.17, 15) is 0 Å². The molecule has 0 aromatic rings. The van der Waals surface area contributed by atoms with Gasteiger partial charge >= 0.3 is 0 Å². The van der Waals surface area contributed by atoms with Crippen LogP contribution in [0.25, 0.3) is 0 Å². The minimum Gasteiger partial charge on any atom is -0.315 e. The van der Waals surface area contributed by atoms with Gasteiger partial charge in [0.15, 0.2) is 0 Å². The lowest BCUT2D eigenvalue weighted by molar-refractivity contribution is 0.396. The normalized spacial score (nSPS) is 13.4. The van der Waals surface area contributed by atoms with Crippen LogP contribution in [0.5, 0.6) is 0 Å². The summed E-state index contributed by atoms with van der Waals surface area (Å²) in [6, 6.07) is 0.644. The zero-order valence-electron chi connectivity index (χ0n) is 11.3. The largest absolute Gasteiger partial charge is 0.315 e. The number of nitrogens with one attached hydrogen (secondary N) is 1. The molecule has 0 saturated heterocycles. The van der Waals surface area contributed by atoms with Crippen molar-refractivity contribution in [3.63, 3.8) is 0 Å². The second kappa shape index (κ2) is 10.5. The summed E-state index contributed by atoms with van der Waals surface area (Å²) in [5.74, 6) is 0.977. The molecule has 0 aliphatic rings. The monoisotopic (exact) mass is 213 g/mol. The van der Waals surface area contributed by atoms with E-state index in [4.69, 9.17) is 0 Å². The smallest absolute Gasteiger partial charge is 0.00103 e. The Morgan fingerprint density at radius 2 is 1.60 bits per heavy atom. The molecule has 0 aromatic carbocycles. The molecular formula is C14H31N. The van der Waals surface area contributed by atoms with Crippen LogP contribution in [0.3, 0.4) is 0 Å². The van der Waals surface area contributed by atoms with Crippen molar-refractivity contribution in [3.8, 4) is 0 Å². The minimum absolute atomic E-state index is 0.644. The van der Waals surface area contributed by atoms with Crippen molar-refractivity contribution in [1.82, 2.24) is 5.32 Å². The Morgan fingerprint density at radius 3 is 2.13 bits per heavy atom. The SMILES string of the molecule is CCCCCC(CC)CCCNC(C)C. The summed E-state index contributed by atoms with van der Waals surface area (Å²) in [6.45, 7) is 10.3. The zero-order valence-corrected chi connectivity index (χ0v) is 11.3. The van der Waals surface area contributed by atoms with Gasteiger partial charge in [-0.05, 0) is 25.3 Å². The molecule has 15 heavy (non-hydrogen) atoms. The fraction of sp³-hybridized carbons (Fsp3) is 1.00. The van der Waals surface area contributed by atoms with Crippen LogP contribution in [0.2, 0.25) is 0 Å². The third kappa shape index (κ3) is 10.2. The number of hydrogen-bond acceptors (Lipinski definition) is 1. The Balaban J connectivity index is 3.35. The molecule has 92 valence electrons. The summed E-state index contributed by atoms with van der Waals surface area (Å²) in [7, 11) is 0. The Labute approximate surface area is 97.0 Å². The number of unbranched alkanes of at least 4 members (excludes halogenated alkanes) is 2. The van der Waals surface area contributed by atoms with Crippen LogP contribution < -0.4 is 5.32 Å². The molecule has 0 saturated carbocycles. The molecule has 1 atom stereocenters. The van der Waals surface area contributed by atoms with Crippen LogP contribution in [0.15, 0.2) is 0 Å². The first kappa shape index (κ1) is 15.0. The van der Waals surface area contributed by atoms with Crippen molar-refractivity contribution in [2.75, 3.05) is 6.54 Å². The van der Waals surface area contributed by atoms with Gasteiger partial charge in [-0.25, -0.2) is 0 Å². The van der Waals surface area contributed by atoms with E-state index in [0.717, 1.165) is 5.92 Å². The van der Waals surface area contributed by atoms with Crippen LogP contribution in [-0.2, 0) is 0 Å². The molecule has 1 unspecified atom stereocenters. The summed E-state index contributed by atoms with van der Waals surface area (Å²) in [6.07, 6.45) is 9.79. The molecule has 1 heteroatoms. The maximum absolute atomic E-state index is 3.49. The highest BCUT2D eigenvalue weighted by molar-refractivity contribution is 4.60. The molecule has 0 rings (SSSR count). The van der Waals surface area contributed by atoms with E-state index in [0.29, 0.717) is 6.04 Å². The lowest BCUT2D eigenvalue weighted by Gasteiger charge is -2.15. The first-order valence-corrected chi connectivity index (χ1v) is 6.94. The van der Waals surface area contributed by atoms with Crippen molar-refractivity contribution in [2.24, 2.45) is 5.92 Å². The Morgan fingerprint density at radius 1 is 0.933 bits per heavy atom. The topological polar surface area (TPSA) is 12.0 Å². The van der Waals surface area contributed by atoms with Gasteiger partial charge in [0, 0.05) is 6.04 Å². The maximum Gasteiger partial charge on any atom is 0.00103 e. The molecule has 0 fully saturated rings. The van der Waals surface area contributed by atoms with E-state index in [1.165, 1.54) is 51.5 Å². The highest BCUT2D eigenvalue weighted by Gasteiger charge is 2.05. The van der Waals surface area contributed by atoms with Crippen LogP contribution in [-0.4, -0.2) is 12.6 Å². The molecule has 0 radical (unpaired) electrons. The van der Waals surface area contributed by atoms with Crippen molar-refractivity contribution in [1.29, 1.82) is 0 Å². The lowest BCUT2D eigenvalue weighted by atomic mass is 9.94. The molecule has 0 heterocycles. The van der Waals surface area contributed by atoms with Crippen molar-refractivity contribution in [2.45, 2.75) is 78.7 Å². The average Bonchev–Trinajstić information content (AvgIpc) is 2.21. The van der Waals surface area contributed by atoms with Gasteiger partial charge in [-0.15, -0.1) is 0 Å². The summed E-state index contributed by atoms with van der Waals surface area (Å²) in [5, 5.41) is 3.49. The molecule has 0 bridgehead atoms. The summed E-state index contributed by atoms with van der Waals surface area (Å²) in [4.78, 5) is 0. The van der Waals surface area contributed by atoms with Crippen molar-refractivity contribution < 1.29 is 0 Å². The van der Waals surface area contributed by atoms with E-state index in [1.807, 2.05) is 0 Å². The summed E-state index contributed by atoms with van der Waals surface area (Å²) in [5.41, 5.74) is 0. The summed E-state index contributed by atoms with van der Waals surface area (Å²) < 4.78 is 0. The Hall–Kier alpha value is -0.0400. The molecule has 0 aliphatic heterocycles. The molecule has 0 amide bonds. The van der Waals surface area contributed by atoms with Gasteiger partial charge in [-0.2, -0.15) is 0 Å². The predicted octanol–water partition coefficient (Wildman–Crippen LogP) is 4.37. The molecular weight excluding hydrogens is 182 g/mol. The fourth-order valence-corrected chi connectivity index (χ4v) is 2.02. The third-order valence-corrected chi connectivity index (χ3v) is 3.14. The molecule has 0 spiro atoms. The van der Waals surface area contributed by atoms with E-state index in [2.05, 4.69) is 33.0 Å². The van der Waals surface area contributed by atoms with Gasteiger partial charge < -0.3 is 5.32 Å². The second-order valence-corrected chi connectivity index (χ2v) is 5.02. The Bertz CT molecular complexity index is 121. The average molecular weight is 213 g/mol. The molecule has 1 N–H and O–H groups in total. The zero-order chi connectivity index (χ0) is 11.5. The van der Waals surface area contributed by atoms with Gasteiger partial charge in [0.05, 0.1) is 0 Å². The predicted molar refractivity (Wildman–Crippen MR) is 70.3 cm³/mol. The summed E-state index contributed by atoms with van der Waals surface area (Å²) >= 11 is 0. The number of hydrogen-bond donors (Lipinski definition) is 1. The highest BCUT2D eigenvalue weighted by atomic mass is 14.9. The standard InChI is InChI=1S/C14H31N/c1-5-7-8-10-14(6-2)11-9-12-15-13(3)4/h13-15H,5-12H2,1-4H3. The van der Waals surface area contributed by atoms with Gasteiger partial charge in [0.2, 0.25) is 0 Å². The van der Waals surface area contributed by atoms with Gasteiger partial charge in [0.25, 0.3) is 0 Å². The fourth-order valence-electron chi connectivity index (χ4n) is 2.02. The Kier molecular flexibility index (Phi) is 10.4. The third-order valence-electron chi connectivity index (χ3n) is 3.14. The van der Waals surface area contributed by atoms with E-state index in [1.54, 1.807) is 0 Å². The van der Waals surface area contributed by atoms with Gasteiger partial charge in [-0.1, -0.05) is 59.8 Å². The van der Waals surface area contributed by atoms with Crippen LogP contribution in [0.4, 0.5) is 0 Å². The van der Waals surface area contributed by atoms with Gasteiger partial charge in [0.1, 0.15) is 0 Å². The van der Waals surface area contributed by atoms with Crippen LogP contribution >= 0.6 is 0 Å². The highest BCUT2D eigenvalue weighted by Crippen LogP contribution is 2.18. The van der Waals surface area contributed by atoms with Gasteiger partial charge in [-0.3, -0.25) is 0 Å². The first-order valence-electron chi connectivity index (χ1n) is 6.94. The van der Waals surface area contributed by atoms with E-state index < -0.39 is 0 Å². The minimum atomic E-state index is 0.644. The second-order valence-electron chi connectivity index (χ2n) is 5.02. The quantitative estimate of drug-likeness (QED) is 0.531.